The van der Waals surface area contributed by atoms with Crippen molar-refractivity contribution in [3.05, 3.63) is 29.6 Å². The number of thioether (sulfide) groups is 1. The van der Waals surface area contributed by atoms with E-state index >= 15 is 0 Å². The highest BCUT2D eigenvalue weighted by Crippen LogP contribution is 2.45. The normalized spacial score (nSPS) is 22.8. The third kappa shape index (κ3) is 4.21. The second kappa shape index (κ2) is 6.63. The molecule has 3 heterocycles. The van der Waals surface area contributed by atoms with Crippen LogP contribution in [0.5, 0.6) is 0 Å². The topological polar surface area (TPSA) is 16.1 Å². The SMILES string of the molecule is CC(Cc1ccc(C(F)(F)F)nc1)CN1CCC2(CC1)CSC2. The maximum Gasteiger partial charge on any atom is 0.433 e. The first-order valence-electron chi connectivity index (χ1n) is 8.19. The van der Waals surface area contributed by atoms with Gasteiger partial charge in [0.15, 0.2) is 0 Å². The Morgan fingerprint density at radius 2 is 1.96 bits per heavy atom. The van der Waals surface area contributed by atoms with Crippen molar-refractivity contribution in [3.8, 4) is 0 Å². The molecule has 128 valence electrons. The van der Waals surface area contributed by atoms with Crippen LogP contribution in [0.4, 0.5) is 13.2 Å². The van der Waals surface area contributed by atoms with E-state index in [1.165, 1.54) is 30.5 Å². The Morgan fingerprint density at radius 1 is 1.26 bits per heavy atom. The maximum atomic E-state index is 12.5. The summed E-state index contributed by atoms with van der Waals surface area (Å²) in [6, 6.07) is 2.64. The second-order valence-electron chi connectivity index (χ2n) is 7.15. The molecule has 0 N–H and O–H groups in total. The van der Waals surface area contributed by atoms with Crippen molar-refractivity contribution in [3.63, 3.8) is 0 Å². The standard InChI is InChI=1S/C17H23F3N2S/c1-13(8-14-2-3-15(21-9-14)17(18,19)20)10-22-6-4-16(5-7-22)11-23-12-16/h2-3,9,13H,4-8,10-12H2,1H3. The van der Waals surface area contributed by atoms with Gasteiger partial charge in [0.25, 0.3) is 0 Å². The smallest absolute Gasteiger partial charge is 0.303 e. The molecule has 1 unspecified atom stereocenters. The number of hydrogen-bond acceptors (Lipinski definition) is 3. The first-order chi connectivity index (χ1) is 10.9. The molecule has 2 aliphatic heterocycles. The van der Waals surface area contributed by atoms with Crippen LogP contribution in [0.25, 0.3) is 0 Å². The zero-order valence-electron chi connectivity index (χ0n) is 13.4. The minimum Gasteiger partial charge on any atom is -0.303 e. The van der Waals surface area contributed by atoms with Crippen LogP contribution in [0.1, 0.15) is 31.0 Å². The van der Waals surface area contributed by atoms with Gasteiger partial charge < -0.3 is 4.90 Å². The maximum absolute atomic E-state index is 12.5. The van der Waals surface area contributed by atoms with Crippen molar-refractivity contribution in [2.45, 2.75) is 32.4 Å². The van der Waals surface area contributed by atoms with E-state index in [1.54, 1.807) is 6.07 Å². The lowest BCUT2D eigenvalue weighted by Crippen LogP contribution is -2.47. The van der Waals surface area contributed by atoms with Crippen LogP contribution < -0.4 is 0 Å². The van der Waals surface area contributed by atoms with Crippen LogP contribution in [0, 0.1) is 11.3 Å². The van der Waals surface area contributed by atoms with Gasteiger partial charge in [-0.25, -0.2) is 0 Å². The molecule has 1 atom stereocenters. The summed E-state index contributed by atoms with van der Waals surface area (Å²) in [6.45, 7) is 5.51. The van der Waals surface area contributed by atoms with E-state index in [9.17, 15) is 13.2 Å². The van der Waals surface area contributed by atoms with Crippen LogP contribution in [0.2, 0.25) is 0 Å². The molecule has 3 rings (SSSR count). The van der Waals surface area contributed by atoms with Gasteiger partial charge in [-0.3, -0.25) is 4.98 Å². The van der Waals surface area contributed by atoms with Crippen molar-refractivity contribution in [1.29, 1.82) is 0 Å². The molecule has 2 fully saturated rings. The highest BCUT2D eigenvalue weighted by Gasteiger charge is 2.40. The Hall–Kier alpha value is -0.750. The Bertz CT molecular complexity index is 516. The summed E-state index contributed by atoms with van der Waals surface area (Å²) in [5.74, 6) is 3.08. The molecule has 23 heavy (non-hydrogen) atoms. The number of pyridine rings is 1. The summed E-state index contributed by atoms with van der Waals surface area (Å²) in [5, 5.41) is 0. The summed E-state index contributed by atoms with van der Waals surface area (Å²) >= 11 is 2.06. The first-order valence-corrected chi connectivity index (χ1v) is 9.34. The fourth-order valence-electron chi connectivity index (χ4n) is 3.51. The number of alkyl halides is 3. The summed E-state index contributed by atoms with van der Waals surface area (Å²) in [6.07, 6.45) is 0.398. The van der Waals surface area contributed by atoms with E-state index < -0.39 is 11.9 Å². The van der Waals surface area contributed by atoms with Gasteiger partial charge in [0.2, 0.25) is 0 Å². The summed E-state index contributed by atoms with van der Waals surface area (Å²) < 4.78 is 37.6. The number of aromatic nitrogens is 1. The molecule has 6 heteroatoms. The number of halogens is 3. The van der Waals surface area contributed by atoms with E-state index in [4.69, 9.17) is 0 Å². The van der Waals surface area contributed by atoms with Crippen molar-refractivity contribution >= 4 is 11.8 Å². The lowest BCUT2D eigenvalue weighted by atomic mass is 9.81. The number of nitrogens with zero attached hydrogens (tertiary/aromatic N) is 2. The third-order valence-corrected chi connectivity index (χ3v) is 6.64. The summed E-state index contributed by atoms with van der Waals surface area (Å²) in [5.41, 5.74) is 0.699. The second-order valence-corrected chi connectivity index (χ2v) is 8.14. The molecule has 0 radical (unpaired) electrons. The molecule has 2 nitrogen and oxygen atoms in total. The Morgan fingerprint density at radius 3 is 2.43 bits per heavy atom. The number of hydrogen-bond donors (Lipinski definition) is 0. The van der Waals surface area contributed by atoms with E-state index in [0.29, 0.717) is 11.3 Å². The highest BCUT2D eigenvalue weighted by molar-refractivity contribution is 8.00. The van der Waals surface area contributed by atoms with E-state index in [-0.39, 0.29) is 0 Å². The molecule has 0 bridgehead atoms. The van der Waals surface area contributed by atoms with Crippen LogP contribution in [-0.2, 0) is 12.6 Å². The zero-order chi connectivity index (χ0) is 16.5. The van der Waals surface area contributed by atoms with Crippen LogP contribution in [-0.4, -0.2) is 41.0 Å². The molecular formula is C17H23F3N2S. The first kappa shape index (κ1) is 17.1. The van der Waals surface area contributed by atoms with E-state index in [2.05, 4.69) is 28.6 Å². The van der Waals surface area contributed by atoms with Gasteiger partial charge in [0.05, 0.1) is 0 Å². The van der Waals surface area contributed by atoms with Crippen molar-refractivity contribution in [2.75, 3.05) is 31.1 Å². The quantitative estimate of drug-likeness (QED) is 0.818. The molecule has 1 aromatic heterocycles. The Labute approximate surface area is 139 Å². The molecule has 0 aliphatic carbocycles. The average molecular weight is 344 g/mol. The van der Waals surface area contributed by atoms with Gasteiger partial charge in [-0.2, -0.15) is 24.9 Å². The number of rotatable bonds is 4. The minimum atomic E-state index is -4.35. The molecule has 0 amide bonds. The van der Waals surface area contributed by atoms with Gasteiger partial charge in [-0.1, -0.05) is 13.0 Å². The van der Waals surface area contributed by atoms with Crippen LogP contribution >= 0.6 is 11.8 Å². The van der Waals surface area contributed by atoms with E-state index in [1.807, 2.05) is 0 Å². The van der Waals surface area contributed by atoms with Gasteiger partial charge >= 0.3 is 6.18 Å². The van der Waals surface area contributed by atoms with E-state index in [0.717, 1.165) is 37.7 Å². The molecule has 2 saturated heterocycles. The summed E-state index contributed by atoms with van der Waals surface area (Å²) in [7, 11) is 0. The Kier molecular flexibility index (Phi) is 4.93. The average Bonchev–Trinajstić information content (AvgIpc) is 2.46. The number of piperidine rings is 1. The number of likely N-dealkylation sites (tertiary alicyclic amines) is 1. The van der Waals surface area contributed by atoms with Crippen molar-refractivity contribution in [2.24, 2.45) is 11.3 Å². The molecular weight excluding hydrogens is 321 g/mol. The molecule has 0 aromatic carbocycles. The van der Waals surface area contributed by atoms with Crippen molar-refractivity contribution in [1.82, 2.24) is 9.88 Å². The molecule has 2 aliphatic rings. The predicted molar refractivity (Wildman–Crippen MR) is 87.5 cm³/mol. The fraction of sp³-hybridized carbons (Fsp3) is 0.706. The lowest BCUT2D eigenvalue weighted by molar-refractivity contribution is -0.141. The van der Waals surface area contributed by atoms with Crippen LogP contribution in [0.15, 0.2) is 18.3 Å². The van der Waals surface area contributed by atoms with Gasteiger partial charge in [0.1, 0.15) is 5.69 Å². The third-order valence-electron chi connectivity index (χ3n) is 5.00. The Balaban J connectivity index is 1.46. The molecule has 1 aromatic rings. The van der Waals surface area contributed by atoms with Gasteiger partial charge in [0, 0.05) is 12.7 Å². The summed E-state index contributed by atoms with van der Waals surface area (Å²) in [4.78, 5) is 6.06. The monoisotopic (exact) mass is 344 g/mol. The van der Waals surface area contributed by atoms with Crippen LogP contribution in [0.3, 0.4) is 0 Å². The van der Waals surface area contributed by atoms with Gasteiger partial charge in [-0.15, -0.1) is 0 Å². The largest absolute Gasteiger partial charge is 0.433 e. The molecule has 1 spiro atoms. The van der Waals surface area contributed by atoms with Crippen molar-refractivity contribution < 1.29 is 13.2 Å². The zero-order valence-corrected chi connectivity index (χ0v) is 14.2. The fourth-order valence-corrected chi connectivity index (χ4v) is 4.87. The predicted octanol–water partition coefficient (Wildman–Crippen LogP) is 4.11. The lowest BCUT2D eigenvalue weighted by Gasteiger charge is -2.47. The highest BCUT2D eigenvalue weighted by atomic mass is 32.2. The minimum absolute atomic E-state index is 0.429. The van der Waals surface area contributed by atoms with Gasteiger partial charge in [-0.05, 0) is 66.8 Å². The molecule has 0 saturated carbocycles.